The number of nitrogens with one attached hydrogen (secondary N) is 4. The SMILES string of the molecule is O=C(NC[C@H]1CCC[C@@H](CNC(=O)NC[C@@H]2C[C@H]3CC[C@H]2C3)C1)NC[C@@H]1C[C@H]2CC[C@H]1C2. The Hall–Kier alpha value is -1.46. The van der Waals surface area contributed by atoms with Gasteiger partial charge in [-0.15, -0.1) is 0 Å². The molecule has 0 unspecified atom stereocenters. The van der Waals surface area contributed by atoms with E-state index in [1.807, 2.05) is 0 Å². The molecule has 0 spiro atoms. The first-order chi connectivity index (χ1) is 15.6. The fourth-order valence-electron chi connectivity index (χ4n) is 8.07. The molecule has 5 aliphatic rings. The Labute approximate surface area is 193 Å². The van der Waals surface area contributed by atoms with Crippen LogP contribution in [-0.4, -0.2) is 38.2 Å². The third-order valence-corrected chi connectivity index (χ3v) is 9.81. The van der Waals surface area contributed by atoms with Gasteiger partial charge in [-0.3, -0.25) is 0 Å². The van der Waals surface area contributed by atoms with Crippen molar-refractivity contribution in [2.45, 2.75) is 77.0 Å². The first-order valence-corrected chi connectivity index (χ1v) is 13.7. The molecule has 32 heavy (non-hydrogen) atoms. The van der Waals surface area contributed by atoms with Gasteiger partial charge in [0.05, 0.1) is 0 Å². The smallest absolute Gasteiger partial charge is 0.314 e. The van der Waals surface area contributed by atoms with Gasteiger partial charge in [0, 0.05) is 26.2 Å². The molecule has 180 valence electrons. The fourth-order valence-corrected chi connectivity index (χ4v) is 8.07. The third kappa shape index (κ3) is 5.53. The summed E-state index contributed by atoms with van der Waals surface area (Å²) >= 11 is 0. The molecule has 5 saturated carbocycles. The Bertz CT molecular complexity index is 616. The first-order valence-electron chi connectivity index (χ1n) is 13.7. The lowest BCUT2D eigenvalue weighted by Gasteiger charge is -2.30. The second kappa shape index (κ2) is 10.2. The van der Waals surface area contributed by atoms with Gasteiger partial charge in [-0.2, -0.15) is 0 Å². The summed E-state index contributed by atoms with van der Waals surface area (Å²) in [6.45, 7) is 3.22. The molecular formula is C26H44N4O2. The molecule has 6 nitrogen and oxygen atoms in total. The molecule has 4 bridgehead atoms. The summed E-state index contributed by atoms with van der Waals surface area (Å²) in [7, 11) is 0. The van der Waals surface area contributed by atoms with E-state index in [1.54, 1.807) is 0 Å². The van der Waals surface area contributed by atoms with Crippen molar-refractivity contribution in [2.75, 3.05) is 26.2 Å². The molecule has 0 heterocycles. The summed E-state index contributed by atoms with van der Waals surface area (Å²) < 4.78 is 0. The summed E-state index contributed by atoms with van der Waals surface area (Å²) in [5.74, 6) is 6.06. The van der Waals surface area contributed by atoms with Crippen molar-refractivity contribution in [1.82, 2.24) is 21.3 Å². The minimum absolute atomic E-state index is 0.00742. The van der Waals surface area contributed by atoms with E-state index in [0.29, 0.717) is 23.7 Å². The van der Waals surface area contributed by atoms with E-state index in [9.17, 15) is 9.59 Å². The van der Waals surface area contributed by atoms with Crippen LogP contribution in [0.15, 0.2) is 0 Å². The molecule has 8 atom stereocenters. The van der Waals surface area contributed by atoms with Gasteiger partial charge in [-0.05, 0) is 105 Å². The maximum Gasteiger partial charge on any atom is 0.314 e. The van der Waals surface area contributed by atoms with Gasteiger partial charge < -0.3 is 21.3 Å². The van der Waals surface area contributed by atoms with Crippen molar-refractivity contribution in [2.24, 2.45) is 47.3 Å². The van der Waals surface area contributed by atoms with Crippen LogP contribution in [0.25, 0.3) is 0 Å². The lowest BCUT2D eigenvalue weighted by molar-refractivity contribution is 0.217. The van der Waals surface area contributed by atoms with E-state index < -0.39 is 0 Å². The van der Waals surface area contributed by atoms with Crippen LogP contribution >= 0.6 is 0 Å². The van der Waals surface area contributed by atoms with Crippen LogP contribution in [0.4, 0.5) is 9.59 Å². The van der Waals surface area contributed by atoms with Crippen LogP contribution in [0.3, 0.4) is 0 Å². The van der Waals surface area contributed by atoms with Crippen molar-refractivity contribution < 1.29 is 9.59 Å². The van der Waals surface area contributed by atoms with Crippen molar-refractivity contribution in [3.05, 3.63) is 0 Å². The van der Waals surface area contributed by atoms with Crippen molar-refractivity contribution >= 4 is 12.1 Å². The highest BCUT2D eigenvalue weighted by molar-refractivity contribution is 5.74. The Morgan fingerprint density at radius 3 is 1.41 bits per heavy atom. The second-order valence-electron chi connectivity index (χ2n) is 12.0. The summed E-state index contributed by atoms with van der Waals surface area (Å²) in [6, 6.07) is 0.0148. The molecule has 5 fully saturated rings. The highest BCUT2D eigenvalue weighted by Gasteiger charge is 2.40. The Balaban J connectivity index is 0.933. The monoisotopic (exact) mass is 444 g/mol. The van der Waals surface area contributed by atoms with Gasteiger partial charge in [0.1, 0.15) is 0 Å². The fraction of sp³-hybridized carbons (Fsp3) is 0.923. The molecular weight excluding hydrogens is 400 g/mol. The summed E-state index contributed by atoms with van der Waals surface area (Å²) in [4.78, 5) is 24.6. The Morgan fingerprint density at radius 1 is 0.531 bits per heavy atom. The van der Waals surface area contributed by atoms with Gasteiger partial charge in [-0.25, -0.2) is 9.59 Å². The van der Waals surface area contributed by atoms with Gasteiger partial charge in [0.15, 0.2) is 0 Å². The summed E-state index contributed by atoms with van der Waals surface area (Å²) in [6.07, 6.45) is 15.6. The first kappa shape index (κ1) is 22.3. The molecule has 6 heteroatoms. The minimum Gasteiger partial charge on any atom is -0.338 e. The zero-order chi connectivity index (χ0) is 21.9. The van der Waals surface area contributed by atoms with E-state index in [0.717, 1.165) is 56.3 Å². The normalized spacial score (nSPS) is 39.8. The van der Waals surface area contributed by atoms with E-state index in [-0.39, 0.29) is 12.1 Å². The standard InChI is InChI=1S/C26H44N4O2/c31-25(29-15-23-11-17-4-6-21(23)9-17)27-13-19-2-1-3-20(8-19)14-28-26(32)30-16-24-12-18-5-7-22(24)10-18/h17-24H,1-16H2,(H2,27,29,31)(H2,28,30,32)/t17-,18-,19-,20+,21-,22-,23-,24-/m0/s1. The number of urea groups is 2. The van der Waals surface area contributed by atoms with Gasteiger partial charge in [0.25, 0.3) is 0 Å². The third-order valence-electron chi connectivity index (χ3n) is 9.81. The number of amides is 4. The van der Waals surface area contributed by atoms with Crippen LogP contribution in [-0.2, 0) is 0 Å². The van der Waals surface area contributed by atoms with E-state index >= 15 is 0 Å². The topological polar surface area (TPSA) is 82.3 Å². The zero-order valence-corrected chi connectivity index (χ0v) is 19.7. The van der Waals surface area contributed by atoms with Gasteiger partial charge >= 0.3 is 12.1 Å². The number of rotatable bonds is 8. The zero-order valence-electron chi connectivity index (χ0n) is 19.7. The molecule has 4 N–H and O–H groups in total. The molecule has 0 aromatic carbocycles. The van der Waals surface area contributed by atoms with Gasteiger partial charge in [0.2, 0.25) is 0 Å². The minimum atomic E-state index is 0.00742. The van der Waals surface area contributed by atoms with E-state index in [4.69, 9.17) is 0 Å². The maximum absolute atomic E-state index is 12.3. The molecule has 5 aliphatic carbocycles. The Morgan fingerprint density at radius 2 is 1.00 bits per heavy atom. The molecule has 5 rings (SSSR count). The molecule has 0 aromatic heterocycles. The van der Waals surface area contributed by atoms with Crippen LogP contribution in [0.2, 0.25) is 0 Å². The van der Waals surface area contributed by atoms with Crippen molar-refractivity contribution in [3.63, 3.8) is 0 Å². The summed E-state index contributed by atoms with van der Waals surface area (Å²) in [5.41, 5.74) is 0. The summed E-state index contributed by atoms with van der Waals surface area (Å²) in [5, 5.41) is 12.5. The average Bonchev–Trinajstić information content (AvgIpc) is 3.61. The van der Waals surface area contributed by atoms with E-state index in [1.165, 1.54) is 70.6 Å². The molecule has 4 amide bonds. The number of hydrogen-bond acceptors (Lipinski definition) is 2. The van der Waals surface area contributed by atoms with Crippen molar-refractivity contribution in [3.8, 4) is 0 Å². The number of fused-ring (bicyclic) bond motifs is 4. The Kier molecular flexibility index (Phi) is 7.13. The van der Waals surface area contributed by atoms with Crippen LogP contribution in [0.1, 0.15) is 77.0 Å². The largest absolute Gasteiger partial charge is 0.338 e. The average molecular weight is 445 g/mol. The highest BCUT2D eigenvalue weighted by Crippen LogP contribution is 2.48. The van der Waals surface area contributed by atoms with Crippen LogP contribution in [0.5, 0.6) is 0 Å². The number of hydrogen-bond donors (Lipinski definition) is 4. The van der Waals surface area contributed by atoms with Crippen LogP contribution in [0, 0.1) is 47.3 Å². The number of carbonyl (C=O) groups is 2. The quantitative estimate of drug-likeness (QED) is 0.451. The lowest BCUT2D eigenvalue weighted by atomic mass is 9.81. The van der Waals surface area contributed by atoms with Gasteiger partial charge in [-0.1, -0.05) is 19.3 Å². The van der Waals surface area contributed by atoms with Crippen LogP contribution < -0.4 is 21.3 Å². The predicted octanol–water partition coefficient (Wildman–Crippen LogP) is 4.26. The molecule has 0 saturated heterocycles. The number of carbonyl (C=O) groups excluding carboxylic acids is 2. The molecule has 0 aromatic rings. The second-order valence-corrected chi connectivity index (χ2v) is 12.0. The molecule has 0 radical (unpaired) electrons. The van der Waals surface area contributed by atoms with E-state index in [2.05, 4.69) is 21.3 Å². The highest BCUT2D eigenvalue weighted by atomic mass is 16.2. The lowest BCUT2D eigenvalue weighted by Crippen LogP contribution is -2.43. The maximum atomic E-state index is 12.3. The molecule has 0 aliphatic heterocycles. The predicted molar refractivity (Wildman–Crippen MR) is 126 cm³/mol. The van der Waals surface area contributed by atoms with Crippen molar-refractivity contribution in [1.29, 1.82) is 0 Å².